The van der Waals surface area contributed by atoms with Gasteiger partial charge in [0.1, 0.15) is 17.7 Å². The average molecular weight is 352 g/mol. The summed E-state index contributed by atoms with van der Waals surface area (Å²) in [6, 6.07) is -0.326. The smallest absolute Gasteiger partial charge is 0.315 e. The highest BCUT2D eigenvalue weighted by Gasteiger charge is 2.40. The Kier molecular flexibility index (Phi) is 7.17. The molecule has 0 bridgehead atoms. The number of hydrogen-bond donors (Lipinski definition) is 3. The lowest BCUT2D eigenvalue weighted by Crippen LogP contribution is -2.61. The molecule has 0 unspecified atom stereocenters. The van der Waals surface area contributed by atoms with Gasteiger partial charge >= 0.3 is 6.03 Å². The van der Waals surface area contributed by atoms with Crippen LogP contribution in [0.3, 0.4) is 0 Å². The van der Waals surface area contributed by atoms with E-state index in [-0.39, 0.29) is 11.9 Å². The van der Waals surface area contributed by atoms with Crippen LogP contribution in [0.2, 0.25) is 0 Å². The fraction of sp³-hybridized carbons (Fsp3) is 0.750. The molecular weight excluding hydrogens is 324 g/mol. The van der Waals surface area contributed by atoms with Gasteiger partial charge in [-0.3, -0.25) is 4.79 Å². The summed E-state index contributed by atoms with van der Waals surface area (Å²) in [5.74, 6) is 0.665. The van der Waals surface area contributed by atoms with E-state index in [4.69, 9.17) is 4.74 Å². The summed E-state index contributed by atoms with van der Waals surface area (Å²) >= 11 is 0. The summed E-state index contributed by atoms with van der Waals surface area (Å²) in [4.78, 5) is 24.5. The maximum absolute atomic E-state index is 12.3. The molecule has 1 fully saturated rings. The van der Waals surface area contributed by atoms with Crippen molar-refractivity contribution < 1.29 is 14.3 Å². The molecule has 0 aliphatic heterocycles. The second-order valence-electron chi connectivity index (χ2n) is 6.29. The van der Waals surface area contributed by atoms with Gasteiger partial charge in [0, 0.05) is 33.7 Å². The van der Waals surface area contributed by atoms with E-state index in [0.717, 1.165) is 25.1 Å². The standard InChI is InChI=1S/C16H28N6O3/c1-17-14(23)16(7-4-3-5-8-16)20-15(24)18-9-6-13-21-19-12-22(13)10-11-25-2/h12H,3-11H2,1-2H3,(H,17,23)(H2,18,20,24). The molecule has 0 spiro atoms. The lowest BCUT2D eigenvalue weighted by atomic mass is 9.81. The van der Waals surface area contributed by atoms with Crippen molar-refractivity contribution in [1.82, 2.24) is 30.7 Å². The third-order valence-corrected chi connectivity index (χ3v) is 4.59. The first-order chi connectivity index (χ1) is 12.1. The first-order valence-corrected chi connectivity index (χ1v) is 8.75. The second-order valence-corrected chi connectivity index (χ2v) is 6.29. The van der Waals surface area contributed by atoms with Gasteiger partial charge in [-0.25, -0.2) is 4.79 Å². The maximum atomic E-state index is 12.3. The number of rotatable bonds is 8. The summed E-state index contributed by atoms with van der Waals surface area (Å²) in [5, 5.41) is 16.3. The Morgan fingerprint density at radius 3 is 2.76 bits per heavy atom. The van der Waals surface area contributed by atoms with E-state index >= 15 is 0 Å². The van der Waals surface area contributed by atoms with Gasteiger partial charge in [0.25, 0.3) is 0 Å². The molecule has 9 heteroatoms. The van der Waals surface area contributed by atoms with Gasteiger partial charge < -0.3 is 25.3 Å². The normalized spacial score (nSPS) is 16.2. The lowest BCUT2D eigenvalue weighted by Gasteiger charge is -2.36. The third kappa shape index (κ3) is 5.15. The zero-order valence-electron chi connectivity index (χ0n) is 15.0. The first-order valence-electron chi connectivity index (χ1n) is 8.75. The summed E-state index contributed by atoms with van der Waals surface area (Å²) in [7, 11) is 3.24. The fourth-order valence-corrected chi connectivity index (χ4v) is 3.20. The van der Waals surface area contributed by atoms with Crippen molar-refractivity contribution in [3.63, 3.8) is 0 Å². The maximum Gasteiger partial charge on any atom is 0.315 e. The number of aromatic nitrogens is 3. The van der Waals surface area contributed by atoms with Crippen LogP contribution in [0.5, 0.6) is 0 Å². The molecule has 2 rings (SSSR count). The van der Waals surface area contributed by atoms with Crippen LogP contribution in [-0.4, -0.2) is 59.6 Å². The number of likely N-dealkylation sites (N-methyl/N-ethyl adjacent to an activating group) is 1. The SMILES string of the molecule is CNC(=O)C1(NC(=O)NCCc2nncn2CCOC)CCCCC1. The number of hydrogen-bond acceptors (Lipinski definition) is 5. The van der Waals surface area contributed by atoms with E-state index in [9.17, 15) is 9.59 Å². The number of ether oxygens (including phenoxy) is 1. The number of carbonyl (C=O) groups excluding carboxylic acids is 2. The Bertz CT molecular complexity index is 568. The monoisotopic (exact) mass is 352 g/mol. The number of amides is 3. The highest BCUT2D eigenvalue weighted by Crippen LogP contribution is 2.28. The number of carbonyl (C=O) groups is 2. The van der Waals surface area contributed by atoms with Gasteiger partial charge in [-0.15, -0.1) is 10.2 Å². The van der Waals surface area contributed by atoms with E-state index in [0.29, 0.717) is 39.0 Å². The molecule has 0 atom stereocenters. The van der Waals surface area contributed by atoms with Crippen LogP contribution >= 0.6 is 0 Å². The van der Waals surface area contributed by atoms with Crippen molar-refractivity contribution in [1.29, 1.82) is 0 Å². The van der Waals surface area contributed by atoms with E-state index in [1.807, 2.05) is 4.57 Å². The minimum Gasteiger partial charge on any atom is -0.383 e. The van der Waals surface area contributed by atoms with Gasteiger partial charge in [-0.2, -0.15) is 0 Å². The molecular formula is C16H28N6O3. The number of nitrogens with one attached hydrogen (secondary N) is 3. The number of urea groups is 1. The number of methoxy groups -OCH3 is 1. The van der Waals surface area contributed by atoms with Crippen LogP contribution in [0.25, 0.3) is 0 Å². The van der Waals surface area contributed by atoms with Gasteiger partial charge in [-0.1, -0.05) is 19.3 Å². The summed E-state index contributed by atoms with van der Waals surface area (Å²) in [5.41, 5.74) is -0.796. The molecule has 9 nitrogen and oxygen atoms in total. The Labute approximate surface area is 147 Å². The summed E-state index contributed by atoms with van der Waals surface area (Å²) < 4.78 is 6.95. The Hall–Kier alpha value is -2.16. The van der Waals surface area contributed by atoms with Crippen molar-refractivity contribution in [3.05, 3.63) is 12.2 Å². The largest absolute Gasteiger partial charge is 0.383 e. The van der Waals surface area contributed by atoms with E-state index in [1.165, 1.54) is 0 Å². The molecule has 0 radical (unpaired) electrons. The average Bonchev–Trinajstić information content (AvgIpc) is 3.07. The van der Waals surface area contributed by atoms with Crippen LogP contribution in [0.1, 0.15) is 37.9 Å². The van der Waals surface area contributed by atoms with Crippen molar-refractivity contribution in [2.24, 2.45) is 0 Å². The highest BCUT2D eigenvalue weighted by atomic mass is 16.5. The molecule has 1 heterocycles. The topological polar surface area (TPSA) is 110 Å². The zero-order chi connectivity index (χ0) is 18.1. The highest BCUT2D eigenvalue weighted by molar-refractivity contribution is 5.91. The molecule has 1 aromatic rings. The minimum absolute atomic E-state index is 0.123. The third-order valence-electron chi connectivity index (χ3n) is 4.59. The summed E-state index contributed by atoms with van der Waals surface area (Å²) in [6.45, 7) is 1.67. The molecule has 0 aromatic carbocycles. The molecule has 3 amide bonds. The van der Waals surface area contributed by atoms with Crippen LogP contribution in [-0.2, 0) is 22.5 Å². The molecule has 1 saturated carbocycles. The predicted octanol–water partition coefficient (Wildman–Crippen LogP) is 0.215. The molecule has 140 valence electrons. The molecule has 1 aromatic heterocycles. The van der Waals surface area contributed by atoms with Crippen molar-refractivity contribution in [2.75, 3.05) is 27.3 Å². The van der Waals surface area contributed by atoms with Crippen molar-refractivity contribution >= 4 is 11.9 Å². The minimum atomic E-state index is -0.796. The molecule has 1 aliphatic carbocycles. The molecule has 25 heavy (non-hydrogen) atoms. The van der Waals surface area contributed by atoms with Crippen LogP contribution < -0.4 is 16.0 Å². The van der Waals surface area contributed by atoms with Crippen LogP contribution in [0.15, 0.2) is 6.33 Å². The quantitative estimate of drug-likeness (QED) is 0.620. The lowest BCUT2D eigenvalue weighted by molar-refractivity contribution is -0.128. The fourth-order valence-electron chi connectivity index (χ4n) is 3.20. The van der Waals surface area contributed by atoms with E-state index in [2.05, 4.69) is 26.1 Å². The predicted molar refractivity (Wildman–Crippen MR) is 92.0 cm³/mol. The summed E-state index contributed by atoms with van der Waals surface area (Å²) in [6.07, 6.45) is 6.53. The van der Waals surface area contributed by atoms with Crippen molar-refractivity contribution in [3.8, 4) is 0 Å². The van der Waals surface area contributed by atoms with E-state index < -0.39 is 5.54 Å². The number of nitrogens with zero attached hydrogens (tertiary/aromatic N) is 3. The molecule has 0 saturated heterocycles. The van der Waals surface area contributed by atoms with Gasteiger partial charge in [0.05, 0.1) is 6.61 Å². The Balaban J connectivity index is 1.83. The first kappa shape index (κ1) is 19.2. The second kappa shape index (κ2) is 9.36. The van der Waals surface area contributed by atoms with Crippen LogP contribution in [0.4, 0.5) is 4.79 Å². The van der Waals surface area contributed by atoms with Crippen LogP contribution in [0, 0.1) is 0 Å². The van der Waals surface area contributed by atoms with Gasteiger partial charge in [0.2, 0.25) is 5.91 Å². The van der Waals surface area contributed by atoms with Crippen molar-refractivity contribution in [2.45, 2.75) is 50.6 Å². The van der Waals surface area contributed by atoms with E-state index in [1.54, 1.807) is 20.5 Å². The molecule has 3 N–H and O–H groups in total. The van der Waals surface area contributed by atoms with Gasteiger partial charge in [-0.05, 0) is 12.8 Å². The zero-order valence-corrected chi connectivity index (χ0v) is 15.0. The molecule has 1 aliphatic rings. The Morgan fingerprint density at radius 2 is 2.08 bits per heavy atom. The van der Waals surface area contributed by atoms with Gasteiger partial charge in [0.15, 0.2) is 0 Å². The Morgan fingerprint density at radius 1 is 1.32 bits per heavy atom.